The molecule has 5 nitrogen and oxygen atoms in total. The van der Waals surface area contributed by atoms with Crippen molar-refractivity contribution in [1.82, 2.24) is 4.90 Å². The van der Waals surface area contributed by atoms with Crippen molar-refractivity contribution in [3.8, 4) is 17.2 Å². The fourth-order valence-electron chi connectivity index (χ4n) is 2.65. The molecule has 1 fully saturated rings. The number of carbonyl (C=O) groups excluding carboxylic acids is 1. The van der Waals surface area contributed by atoms with Crippen LogP contribution in [-0.4, -0.2) is 42.5 Å². The van der Waals surface area contributed by atoms with E-state index in [1.54, 1.807) is 20.2 Å². The van der Waals surface area contributed by atoms with Crippen LogP contribution in [0.3, 0.4) is 0 Å². The van der Waals surface area contributed by atoms with Crippen LogP contribution in [0, 0.1) is 6.92 Å². The first-order valence-corrected chi connectivity index (χ1v) is 10.8. The van der Waals surface area contributed by atoms with E-state index in [1.165, 1.54) is 16.7 Å². The molecule has 3 rings (SSSR count). The van der Waals surface area contributed by atoms with E-state index in [-0.39, 0.29) is 5.91 Å². The van der Waals surface area contributed by atoms with Gasteiger partial charge in [0.1, 0.15) is 23.3 Å². The fraction of sp³-hybridized carbons (Fsp3) is 0.238. The van der Waals surface area contributed by atoms with Gasteiger partial charge in [0, 0.05) is 17.1 Å². The summed E-state index contributed by atoms with van der Waals surface area (Å²) in [5, 5.41) is 0. The van der Waals surface area contributed by atoms with E-state index in [4.69, 9.17) is 26.4 Å². The first-order chi connectivity index (χ1) is 13.9. The number of thiocarbonyl (C=S) groups is 1. The summed E-state index contributed by atoms with van der Waals surface area (Å²) in [5.41, 5.74) is 1.89. The first-order valence-electron chi connectivity index (χ1n) is 8.80. The van der Waals surface area contributed by atoms with Gasteiger partial charge in [0.15, 0.2) is 11.5 Å². The number of methoxy groups -OCH3 is 1. The van der Waals surface area contributed by atoms with Crippen LogP contribution in [0.4, 0.5) is 0 Å². The molecule has 2 aromatic carbocycles. The molecule has 0 N–H and O–H groups in total. The number of thioether (sulfide) groups is 1. The second-order valence-corrected chi connectivity index (χ2v) is 8.87. The number of likely N-dealkylation sites (N-methyl/N-ethyl adjacent to an activating group) is 1. The van der Waals surface area contributed by atoms with Gasteiger partial charge >= 0.3 is 0 Å². The van der Waals surface area contributed by atoms with E-state index in [2.05, 4.69) is 15.9 Å². The molecule has 0 aliphatic carbocycles. The minimum absolute atomic E-state index is 0.110. The van der Waals surface area contributed by atoms with Gasteiger partial charge in [-0.05, 0) is 48.9 Å². The monoisotopic (exact) mass is 493 g/mol. The van der Waals surface area contributed by atoms with E-state index in [0.717, 1.165) is 15.6 Å². The summed E-state index contributed by atoms with van der Waals surface area (Å²) in [6, 6.07) is 11.4. The Labute approximate surface area is 188 Å². The molecule has 152 valence electrons. The van der Waals surface area contributed by atoms with E-state index < -0.39 is 0 Å². The quantitative estimate of drug-likeness (QED) is 0.305. The van der Waals surface area contributed by atoms with E-state index in [9.17, 15) is 4.79 Å². The van der Waals surface area contributed by atoms with E-state index in [1.807, 2.05) is 43.3 Å². The van der Waals surface area contributed by atoms with Crippen molar-refractivity contribution < 1.29 is 19.0 Å². The van der Waals surface area contributed by atoms with Crippen molar-refractivity contribution in [3.05, 3.63) is 56.9 Å². The number of hydrogen-bond acceptors (Lipinski definition) is 6. The molecule has 0 saturated carbocycles. The average Bonchev–Trinajstić information content (AvgIpc) is 2.94. The van der Waals surface area contributed by atoms with Crippen molar-refractivity contribution in [2.75, 3.05) is 27.4 Å². The molecule has 1 aliphatic heterocycles. The van der Waals surface area contributed by atoms with Gasteiger partial charge in [0.2, 0.25) is 0 Å². The molecule has 0 aromatic heterocycles. The van der Waals surface area contributed by atoms with Gasteiger partial charge in [0.05, 0.1) is 12.0 Å². The average molecular weight is 494 g/mol. The zero-order valence-electron chi connectivity index (χ0n) is 16.2. The summed E-state index contributed by atoms with van der Waals surface area (Å²) < 4.78 is 18.5. The number of rotatable bonds is 7. The molecular weight excluding hydrogens is 474 g/mol. The van der Waals surface area contributed by atoms with Crippen molar-refractivity contribution in [3.63, 3.8) is 0 Å². The summed E-state index contributed by atoms with van der Waals surface area (Å²) in [7, 11) is 3.29. The molecule has 0 radical (unpaired) electrons. The molecular formula is C21H20BrNO4S2. The Balaban J connectivity index is 1.68. The standard InChI is InChI=1S/C21H20BrNO4S2/c1-13-4-6-17(18(10-13)25-3)27-9-8-26-16-7-5-15(22)11-14(16)12-19-20(24)23(2)21(28)29-19/h4-7,10-12H,8-9H2,1-3H3/b19-12-. The normalized spacial score (nSPS) is 15.2. The molecule has 0 spiro atoms. The van der Waals surface area contributed by atoms with Crippen LogP contribution in [0.2, 0.25) is 0 Å². The Hall–Kier alpha value is -2.03. The van der Waals surface area contributed by atoms with Crippen molar-refractivity contribution in [2.45, 2.75) is 6.92 Å². The van der Waals surface area contributed by atoms with Gasteiger partial charge in [-0.15, -0.1) is 0 Å². The minimum Gasteiger partial charge on any atom is -0.493 e. The van der Waals surface area contributed by atoms with Gasteiger partial charge in [-0.1, -0.05) is 46.0 Å². The van der Waals surface area contributed by atoms with Crippen molar-refractivity contribution >= 4 is 56.2 Å². The maximum Gasteiger partial charge on any atom is 0.265 e. The highest BCUT2D eigenvalue weighted by molar-refractivity contribution is 9.10. The lowest BCUT2D eigenvalue weighted by molar-refractivity contribution is -0.121. The third kappa shape index (κ3) is 5.32. The zero-order valence-corrected chi connectivity index (χ0v) is 19.4. The van der Waals surface area contributed by atoms with E-state index in [0.29, 0.717) is 39.7 Å². The SMILES string of the molecule is COc1cc(C)ccc1OCCOc1ccc(Br)cc1/C=C1\SC(=S)N(C)C1=O. The number of hydrogen-bond donors (Lipinski definition) is 0. The molecule has 8 heteroatoms. The summed E-state index contributed by atoms with van der Waals surface area (Å²) in [5.74, 6) is 1.91. The molecule has 1 heterocycles. The van der Waals surface area contributed by atoms with Crippen LogP contribution in [0.15, 0.2) is 45.8 Å². The molecule has 0 atom stereocenters. The smallest absolute Gasteiger partial charge is 0.265 e. The fourth-order valence-corrected chi connectivity index (χ4v) is 4.20. The number of aryl methyl sites for hydroxylation is 1. The third-order valence-corrected chi connectivity index (χ3v) is 6.14. The Bertz CT molecular complexity index is 977. The van der Waals surface area contributed by atoms with Gasteiger partial charge in [-0.2, -0.15) is 0 Å². The topological polar surface area (TPSA) is 48.0 Å². The van der Waals surface area contributed by atoms with Crippen LogP contribution >= 0.6 is 39.9 Å². The lowest BCUT2D eigenvalue weighted by Crippen LogP contribution is -2.22. The summed E-state index contributed by atoms with van der Waals surface area (Å²) in [6.45, 7) is 2.69. The number of amides is 1. The molecule has 1 saturated heterocycles. The number of ether oxygens (including phenoxy) is 3. The zero-order chi connectivity index (χ0) is 21.0. The molecule has 2 aromatic rings. The Morgan fingerprint density at radius 1 is 1.10 bits per heavy atom. The molecule has 0 bridgehead atoms. The number of halogens is 1. The third-order valence-electron chi connectivity index (χ3n) is 4.16. The minimum atomic E-state index is -0.110. The van der Waals surface area contributed by atoms with Crippen LogP contribution < -0.4 is 14.2 Å². The highest BCUT2D eigenvalue weighted by Crippen LogP contribution is 2.34. The maximum atomic E-state index is 12.3. The van der Waals surface area contributed by atoms with Crippen LogP contribution in [0.25, 0.3) is 6.08 Å². The molecule has 1 amide bonds. The number of carbonyl (C=O) groups is 1. The molecule has 0 unspecified atom stereocenters. The summed E-state index contributed by atoms with van der Waals surface area (Å²) >= 11 is 9.94. The number of nitrogens with zero attached hydrogens (tertiary/aromatic N) is 1. The van der Waals surface area contributed by atoms with Crippen LogP contribution in [0.1, 0.15) is 11.1 Å². The van der Waals surface area contributed by atoms with Gasteiger partial charge in [-0.3, -0.25) is 9.69 Å². The van der Waals surface area contributed by atoms with Crippen LogP contribution in [-0.2, 0) is 4.79 Å². The van der Waals surface area contributed by atoms with Crippen molar-refractivity contribution in [1.29, 1.82) is 0 Å². The Morgan fingerprint density at radius 2 is 1.79 bits per heavy atom. The molecule has 1 aliphatic rings. The summed E-state index contributed by atoms with van der Waals surface area (Å²) in [4.78, 5) is 14.3. The second kappa shape index (κ2) is 9.65. The number of benzene rings is 2. The largest absolute Gasteiger partial charge is 0.493 e. The van der Waals surface area contributed by atoms with Crippen molar-refractivity contribution in [2.24, 2.45) is 0 Å². The predicted octanol–water partition coefficient (Wildman–Crippen LogP) is 5.05. The second-order valence-electron chi connectivity index (χ2n) is 6.27. The lowest BCUT2D eigenvalue weighted by atomic mass is 10.2. The van der Waals surface area contributed by atoms with Crippen LogP contribution in [0.5, 0.6) is 17.2 Å². The van der Waals surface area contributed by atoms with Gasteiger partial charge in [0.25, 0.3) is 5.91 Å². The Morgan fingerprint density at radius 3 is 2.45 bits per heavy atom. The first kappa shape index (κ1) is 21.7. The highest BCUT2D eigenvalue weighted by atomic mass is 79.9. The predicted molar refractivity (Wildman–Crippen MR) is 124 cm³/mol. The Kier molecular flexibility index (Phi) is 7.21. The molecule has 29 heavy (non-hydrogen) atoms. The van der Waals surface area contributed by atoms with E-state index >= 15 is 0 Å². The summed E-state index contributed by atoms with van der Waals surface area (Å²) in [6.07, 6.45) is 1.80. The van der Waals surface area contributed by atoms with Gasteiger partial charge in [-0.25, -0.2) is 0 Å². The highest BCUT2D eigenvalue weighted by Gasteiger charge is 2.29. The van der Waals surface area contributed by atoms with Gasteiger partial charge < -0.3 is 14.2 Å². The maximum absolute atomic E-state index is 12.3. The lowest BCUT2D eigenvalue weighted by Gasteiger charge is -2.13.